The van der Waals surface area contributed by atoms with Gasteiger partial charge in [0.25, 0.3) is 5.91 Å². The molecule has 3 aliphatic carbocycles. The Bertz CT molecular complexity index is 1190. The molecule has 3 saturated carbocycles. The van der Waals surface area contributed by atoms with E-state index in [4.69, 9.17) is 10.5 Å². The van der Waals surface area contributed by atoms with Crippen LogP contribution < -0.4 is 27.0 Å². The van der Waals surface area contributed by atoms with E-state index in [1.807, 2.05) is 20.8 Å². The highest BCUT2D eigenvalue weighted by Gasteiger charge is 2.69. The number of piperidine rings is 1. The van der Waals surface area contributed by atoms with E-state index in [0.29, 0.717) is 19.5 Å². The Morgan fingerprint density at radius 3 is 2.17 bits per heavy atom. The first-order chi connectivity index (χ1) is 21.6. The van der Waals surface area contributed by atoms with Crippen LogP contribution in [0, 0.1) is 34.5 Å². The molecular formula is C33H54N6O7. The van der Waals surface area contributed by atoms with Crippen LogP contribution in [0.4, 0.5) is 9.59 Å². The van der Waals surface area contributed by atoms with E-state index in [-0.39, 0.29) is 41.6 Å². The quantitative estimate of drug-likeness (QED) is 0.190. The molecule has 1 aliphatic heterocycles. The van der Waals surface area contributed by atoms with Crippen LogP contribution >= 0.6 is 0 Å². The predicted octanol–water partition coefficient (Wildman–Crippen LogP) is 2.22. The highest BCUT2D eigenvalue weighted by atomic mass is 16.5. The van der Waals surface area contributed by atoms with Gasteiger partial charge >= 0.3 is 12.1 Å². The van der Waals surface area contributed by atoms with Gasteiger partial charge in [-0.15, -0.1) is 0 Å². The first-order valence-corrected chi connectivity index (χ1v) is 17.0. The average Bonchev–Trinajstić information content (AvgIpc) is 3.84. The van der Waals surface area contributed by atoms with Crippen molar-refractivity contribution in [2.24, 2.45) is 40.2 Å². The number of ether oxygens (including phenoxy) is 1. The van der Waals surface area contributed by atoms with Crippen molar-refractivity contribution in [2.75, 3.05) is 19.7 Å². The number of amides is 6. The standard InChI is InChI=1S/C33H54N6O7/c1-7-35-31(45)46-17-22(32(2,3)4)37-30(44)38-24(19-11-9-8-10-12-19)29(43)39-16-20-23(33(20,5)6)25(39)28(42)36-21(15-18-13-14-18)26(40)27(34)41/h18-25H,7-17H2,1-6H3,(H2,34,41)(H,35,45)(H,36,42)(H2,37,38,44)/t20?,21?,22-,23?,24+,25+/m1/s1. The Balaban J connectivity index is 1.53. The van der Waals surface area contributed by atoms with E-state index < -0.39 is 59.3 Å². The molecule has 1 saturated heterocycles. The molecule has 46 heavy (non-hydrogen) atoms. The maximum Gasteiger partial charge on any atom is 0.407 e. The molecular weight excluding hydrogens is 592 g/mol. The third kappa shape index (κ3) is 8.31. The number of carbonyl (C=O) groups excluding carboxylic acids is 6. The van der Waals surface area contributed by atoms with Gasteiger partial charge in [-0.25, -0.2) is 9.59 Å². The minimum atomic E-state index is -1.09. The van der Waals surface area contributed by atoms with Crippen LogP contribution in [0.5, 0.6) is 0 Å². The van der Waals surface area contributed by atoms with Crippen LogP contribution in [0.25, 0.3) is 0 Å². The summed E-state index contributed by atoms with van der Waals surface area (Å²) in [6.45, 7) is 12.4. The lowest BCUT2D eigenvalue weighted by Crippen LogP contribution is -2.61. The first kappa shape index (κ1) is 35.5. The highest BCUT2D eigenvalue weighted by Crippen LogP contribution is 2.65. The Labute approximate surface area is 272 Å². The van der Waals surface area contributed by atoms with Crippen molar-refractivity contribution in [3.8, 4) is 0 Å². The summed E-state index contributed by atoms with van der Waals surface area (Å²) in [5.74, 6) is -2.58. The lowest BCUT2D eigenvalue weighted by molar-refractivity contribution is -0.144. The number of rotatable bonds is 13. The molecule has 3 unspecified atom stereocenters. The van der Waals surface area contributed by atoms with E-state index in [1.54, 1.807) is 11.8 Å². The van der Waals surface area contributed by atoms with Gasteiger partial charge in [0.1, 0.15) is 18.7 Å². The number of nitrogens with two attached hydrogens (primary N) is 1. The van der Waals surface area contributed by atoms with E-state index in [2.05, 4.69) is 35.1 Å². The maximum absolute atomic E-state index is 14.4. The number of nitrogens with one attached hydrogen (secondary N) is 4. The van der Waals surface area contributed by atoms with Crippen LogP contribution in [-0.2, 0) is 23.9 Å². The van der Waals surface area contributed by atoms with Gasteiger partial charge in [-0.1, -0.05) is 66.7 Å². The van der Waals surface area contributed by atoms with Crippen LogP contribution in [0.15, 0.2) is 0 Å². The molecule has 1 heterocycles. The number of Topliss-reactive ketones (excluding diaryl/α,β-unsaturated/α-hetero) is 1. The molecule has 6 atom stereocenters. The summed E-state index contributed by atoms with van der Waals surface area (Å²) in [7, 11) is 0. The zero-order chi connectivity index (χ0) is 34.0. The zero-order valence-electron chi connectivity index (χ0n) is 28.3. The number of alkyl carbamates (subject to hydrolysis) is 1. The number of primary amides is 1. The average molecular weight is 647 g/mol. The molecule has 4 aliphatic rings. The smallest absolute Gasteiger partial charge is 0.407 e. The number of fused-ring (bicyclic) bond motifs is 1. The van der Waals surface area contributed by atoms with Crippen molar-refractivity contribution in [1.82, 2.24) is 26.2 Å². The molecule has 0 bridgehead atoms. The van der Waals surface area contributed by atoms with E-state index in [1.165, 1.54) is 0 Å². The second kappa shape index (κ2) is 14.2. The molecule has 6 N–H and O–H groups in total. The Kier molecular flexibility index (Phi) is 10.9. The number of hydrogen-bond acceptors (Lipinski definition) is 7. The Morgan fingerprint density at radius 1 is 0.957 bits per heavy atom. The molecule has 0 aromatic rings. The van der Waals surface area contributed by atoms with Crippen LogP contribution in [-0.4, -0.2) is 84.4 Å². The van der Waals surface area contributed by atoms with Crippen molar-refractivity contribution < 1.29 is 33.5 Å². The van der Waals surface area contributed by atoms with E-state index >= 15 is 0 Å². The monoisotopic (exact) mass is 646 g/mol. The Morgan fingerprint density at radius 2 is 1.61 bits per heavy atom. The fourth-order valence-electron chi connectivity index (χ4n) is 7.39. The SMILES string of the molecule is CCNC(=O)OC[C@@H](NC(=O)N[C@H](C(=O)N1CC2C([C@H]1C(=O)NC(CC1CC1)C(=O)C(N)=O)C2(C)C)C1CCCCC1)C(C)(C)C. The highest BCUT2D eigenvalue weighted by molar-refractivity contribution is 6.37. The van der Waals surface area contributed by atoms with Gasteiger partial charge in [0, 0.05) is 13.1 Å². The van der Waals surface area contributed by atoms with Gasteiger partial charge in [-0.2, -0.15) is 0 Å². The lowest BCUT2D eigenvalue weighted by Gasteiger charge is -2.38. The number of urea groups is 1. The second-order valence-corrected chi connectivity index (χ2v) is 15.4. The summed E-state index contributed by atoms with van der Waals surface area (Å²) >= 11 is 0. The summed E-state index contributed by atoms with van der Waals surface area (Å²) < 4.78 is 5.32. The summed E-state index contributed by atoms with van der Waals surface area (Å²) in [5, 5.41) is 11.2. The van der Waals surface area contributed by atoms with Crippen molar-refractivity contribution >= 4 is 35.6 Å². The largest absolute Gasteiger partial charge is 0.447 e. The van der Waals surface area contributed by atoms with Crippen molar-refractivity contribution in [1.29, 1.82) is 0 Å². The first-order valence-electron chi connectivity index (χ1n) is 17.0. The van der Waals surface area contributed by atoms with Crippen molar-refractivity contribution in [3.63, 3.8) is 0 Å². The molecule has 0 radical (unpaired) electrons. The fraction of sp³-hybridized carbons (Fsp3) is 0.818. The molecule has 0 aromatic heterocycles. The summed E-state index contributed by atoms with van der Waals surface area (Å²) in [4.78, 5) is 79.8. The van der Waals surface area contributed by atoms with Crippen molar-refractivity contribution in [2.45, 2.75) is 117 Å². The van der Waals surface area contributed by atoms with Gasteiger partial charge in [0.15, 0.2) is 0 Å². The molecule has 4 fully saturated rings. The van der Waals surface area contributed by atoms with Gasteiger partial charge in [0.05, 0.1) is 12.1 Å². The van der Waals surface area contributed by atoms with Gasteiger partial charge in [-0.05, 0) is 60.7 Å². The minimum absolute atomic E-state index is 0.0519. The molecule has 13 heteroatoms. The number of nitrogens with zero attached hydrogens (tertiary/aromatic N) is 1. The molecule has 13 nitrogen and oxygen atoms in total. The zero-order valence-corrected chi connectivity index (χ0v) is 28.3. The lowest BCUT2D eigenvalue weighted by atomic mass is 9.83. The molecule has 258 valence electrons. The maximum atomic E-state index is 14.4. The number of ketones is 1. The summed E-state index contributed by atoms with van der Waals surface area (Å²) in [6, 6.07) is -3.81. The van der Waals surface area contributed by atoms with Gasteiger partial charge < -0.3 is 36.6 Å². The fourth-order valence-corrected chi connectivity index (χ4v) is 7.39. The summed E-state index contributed by atoms with van der Waals surface area (Å²) in [6.07, 6.45) is 6.06. The molecule has 0 aromatic carbocycles. The molecule has 6 amide bonds. The van der Waals surface area contributed by atoms with E-state index in [9.17, 15) is 28.8 Å². The molecule has 4 rings (SSSR count). The van der Waals surface area contributed by atoms with Gasteiger partial charge in [-0.3, -0.25) is 19.2 Å². The van der Waals surface area contributed by atoms with Gasteiger partial charge in [0.2, 0.25) is 17.6 Å². The third-order valence-corrected chi connectivity index (χ3v) is 10.6. The van der Waals surface area contributed by atoms with Crippen LogP contribution in [0.3, 0.4) is 0 Å². The second-order valence-electron chi connectivity index (χ2n) is 15.4. The normalized spacial score (nSPS) is 25.7. The van der Waals surface area contributed by atoms with E-state index in [0.717, 1.165) is 44.9 Å². The number of carbonyl (C=O) groups is 6. The van der Waals surface area contributed by atoms with Crippen molar-refractivity contribution in [3.05, 3.63) is 0 Å². The van der Waals surface area contributed by atoms with Crippen LogP contribution in [0.1, 0.15) is 92.9 Å². The third-order valence-electron chi connectivity index (χ3n) is 10.6. The number of hydrogen-bond donors (Lipinski definition) is 5. The predicted molar refractivity (Wildman–Crippen MR) is 170 cm³/mol. The Hall–Kier alpha value is -3.38. The molecule has 0 spiro atoms. The summed E-state index contributed by atoms with van der Waals surface area (Å²) in [5.41, 5.74) is 4.68. The number of likely N-dealkylation sites (tertiary alicyclic amines) is 1. The van der Waals surface area contributed by atoms with Crippen LogP contribution in [0.2, 0.25) is 0 Å². The minimum Gasteiger partial charge on any atom is -0.447 e. The topological polar surface area (TPSA) is 189 Å².